The van der Waals surface area contributed by atoms with Crippen LogP contribution in [-0.4, -0.2) is 59.0 Å². The summed E-state index contributed by atoms with van der Waals surface area (Å²) in [7, 11) is 0. The fourth-order valence-corrected chi connectivity index (χ4v) is 5.21. The Balaban J connectivity index is 1.26. The summed E-state index contributed by atoms with van der Waals surface area (Å²) in [6, 6.07) is 15.9. The van der Waals surface area contributed by atoms with Crippen molar-refractivity contribution in [2.45, 2.75) is 51.0 Å². The number of benzene rings is 3. The van der Waals surface area contributed by atoms with Crippen molar-refractivity contribution >= 4 is 28.7 Å². The Morgan fingerprint density at radius 3 is 2.73 bits per heavy atom. The number of hydrogen-bond donors (Lipinski definition) is 2. The molecule has 0 radical (unpaired) electrons. The maximum Gasteiger partial charge on any atom is 0.328 e. The van der Waals surface area contributed by atoms with Gasteiger partial charge in [0.2, 0.25) is 0 Å². The number of alkyl halides is 2. The molecule has 1 aromatic heterocycles. The normalized spacial score (nSPS) is 17.5. The summed E-state index contributed by atoms with van der Waals surface area (Å²) in [5.74, 6) is -4.84. The average molecular weight is 621 g/mol. The molecule has 0 unspecified atom stereocenters. The van der Waals surface area contributed by atoms with Crippen molar-refractivity contribution in [3.8, 4) is 17.2 Å². The van der Waals surface area contributed by atoms with E-state index in [-0.39, 0.29) is 13.4 Å². The Kier molecular flexibility index (Phi) is 8.11. The van der Waals surface area contributed by atoms with Gasteiger partial charge in [-0.25, -0.2) is 9.48 Å². The lowest BCUT2D eigenvalue weighted by Crippen LogP contribution is -2.46. The summed E-state index contributed by atoms with van der Waals surface area (Å²) in [6.07, 6.45) is 1.20. The molecule has 1 fully saturated rings. The molecular weight excluding hydrogens is 590 g/mol. The SMILES string of the molecule is C[C@H](NC(=O)C(C)(F)F)[C@H](Oc1ccc2c(cnn2-c2cccc(C(=O)N[C@@H]3CCOC3=O)c2)c1)c1ccc2c(c1)OCOC2. The summed E-state index contributed by atoms with van der Waals surface area (Å²) in [6.45, 7) is 2.86. The van der Waals surface area contributed by atoms with Crippen molar-refractivity contribution in [1.82, 2.24) is 20.4 Å². The first-order valence-electron chi connectivity index (χ1n) is 14.3. The molecule has 3 heterocycles. The van der Waals surface area contributed by atoms with Crippen LogP contribution in [0.4, 0.5) is 8.78 Å². The number of nitrogens with zero attached hydrogens (tertiary/aromatic N) is 2. The van der Waals surface area contributed by atoms with Crippen LogP contribution in [0.25, 0.3) is 16.6 Å². The number of amides is 2. The molecule has 0 bridgehead atoms. The predicted molar refractivity (Wildman–Crippen MR) is 156 cm³/mol. The van der Waals surface area contributed by atoms with Crippen LogP contribution in [0, 0.1) is 0 Å². The number of halogens is 2. The highest BCUT2D eigenvalue weighted by molar-refractivity contribution is 5.97. The van der Waals surface area contributed by atoms with Crippen LogP contribution in [-0.2, 0) is 25.7 Å². The first-order chi connectivity index (χ1) is 21.6. The van der Waals surface area contributed by atoms with Gasteiger partial charge in [0.25, 0.3) is 11.8 Å². The Morgan fingerprint density at radius 1 is 1.11 bits per heavy atom. The van der Waals surface area contributed by atoms with Crippen LogP contribution in [0.5, 0.6) is 11.5 Å². The standard InChI is InChI=1S/C32H30F2N4O7/c1-18(36-31(41)32(2,33)34)28(19-6-7-21-16-42-17-44-27(21)14-19)45-24-8-9-26-22(13-24)15-35-38(26)23-5-3-4-20(12-23)29(39)37-25-10-11-43-30(25)40/h3-9,12-15,18,25,28H,10-11,16-17H2,1-2H3,(H,36,41)(H,37,39)/t18-,25+,28-/m0/s1. The van der Waals surface area contributed by atoms with Crippen molar-refractivity contribution < 1.29 is 42.1 Å². The van der Waals surface area contributed by atoms with E-state index in [1.165, 1.54) is 0 Å². The Hall–Kier alpha value is -5.04. The maximum absolute atomic E-state index is 13.7. The Morgan fingerprint density at radius 2 is 1.96 bits per heavy atom. The van der Waals surface area contributed by atoms with Crippen molar-refractivity contribution in [2.75, 3.05) is 13.4 Å². The lowest BCUT2D eigenvalue weighted by molar-refractivity contribution is -0.144. The Bertz CT molecular complexity index is 1770. The number of fused-ring (bicyclic) bond motifs is 2. The number of carbonyl (C=O) groups is 3. The van der Waals surface area contributed by atoms with E-state index < -0.39 is 41.9 Å². The van der Waals surface area contributed by atoms with Gasteiger partial charge in [0.05, 0.1) is 36.7 Å². The monoisotopic (exact) mass is 620 g/mol. The molecule has 0 spiro atoms. The molecule has 45 heavy (non-hydrogen) atoms. The second-order valence-electron chi connectivity index (χ2n) is 11.0. The van der Waals surface area contributed by atoms with Gasteiger partial charge in [-0.3, -0.25) is 9.59 Å². The largest absolute Gasteiger partial charge is 0.484 e. The molecule has 3 aromatic carbocycles. The van der Waals surface area contributed by atoms with E-state index in [9.17, 15) is 23.2 Å². The zero-order valence-electron chi connectivity index (χ0n) is 24.4. The van der Waals surface area contributed by atoms with Crippen LogP contribution >= 0.6 is 0 Å². The molecule has 11 nitrogen and oxygen atoms in total. The van der Waals surface area contributed by atoms with Crippen molar-refractivity contribution in [1.29, 1.82) is 0 Å². The maximum atomic E-state index is 13.7. The summed E-state index contributed by atoms with van der Waals surface area (Å²) in [4.78, 5) is 36.7. The average Bonchev–Trinajstić information content (AvgIpc) is 3.64. The molecule has 6 rings (SSSR count). The Labute approximate surface area is 256 Å². The van der Waals surface area contributed by atoms with E-state index in [1.54, 1.807) is 72.4 Å². The van der Waals surface area contributed by atoms with Gasteiger partial charge in [-0.2, -0.15) is 13.9 Å². The van der Waals surface area contributed by atoms with Gasteiger partial charge in [0, 0.05) is 29.9 Å². The summed E-state index contributed by atoms with van der Waals surface area (Å²) in [5, 5.41) is 10.3. The van der Waals surface area contributed by atoms with Crippen LogP contribution < -0.4 is 20.1 Å². The summed E-state index contributed by atoms with van der Waals surface area (Å²) in [5.41, 5.74) is 3.13. The molecular formula is C32H30F2N4O7. The van der Waals surface area contributed by atoms with E-state index in [1.807, 2.05) is 6.07 Å². The second kappa shape index (κ2) is 12.2. The topological polar surface area (TPSA) is 130 Å². The highest BCUT2D eigenvalue weighted by atomic mass is 19.3. The number of ether oxygens (including phenoxy) is 4. The van der Waals surface area contributed by atoms with Crippen LogP contribution in [0.15, 0.2) is 66.9 Å². The quantitative estimate of drug-likeness (QED) is 0.266. The molecule has 2 aliphatic rings. The highest BCUT2D eigenvalue weighted by Gasteiger charge is 2.35. The predicted octanol–water partition coefficient (Wildman–Crippen LogP) is 4.22. The number of rotatable bonds is 9. The van der Waals surface area contributed by atoms with Gasteiger partial charge in [-0.05, 0) is 55.0 Å². The first kappa shape index (κ1) is 30.0. The molecule has 2 N–H and O–H groups in total. The van der Waals surface area contributed by atoms with E-state index in [4.69, 9.17) is 18.9 Å². The zero-order chi connectivity index (χ0) is 31.7. The minimum absolute atomic E-state index is 0.0830. The smallest absolute Gasteiger partial charge is 0.328 e. The van der Waals surface area contributed by atoms with Gasteiger partial charge in [0.15, 0.2) is 6.79 Å². The number of cyclic esters (lactones) is 1. The van der Waals surface area contributed by atoms with Crippen molar-refractivity contribution in [3.05, 3.63) is 83.6 Å². The lowest BCUT2D eigenvalue weighted by atomic mass is 10.00. The fraction of sp³-hybridized carbons (Fsp3) is 0.312. The van der Waals surface area contributed by atoms with Gasteiger partial charge in [-0.1, -0.05) is 18.2 Å². The van der Waals surface area contributed by atoms with Crippen LogP contribution in [0.1, 0.15) is 47.9 Å². The lowest BCUT2D eigenvalue weighted by Gasteiger charge is -2.28. The molecule has 0 aliphatic carbocycles. The fourth-order valence-electron chi connectivity index (χ4n) is 5.21. The van der Waals surface area contributed by atoms with E-state index in [0.29, 0.717) is 59.2 Å². The summed E-state index contributed by atoms with van der Waals surface area (Å²) >= 11 is 0. The minimum atomic E-state index is -3.57. The van der Waals surface area contributed by atoms with Crippen LogP contribution in [0.2, 0.25) is 0 Å². The van der Waals surface area contributed by atoms with Crippen molar-refractivity contribution in [2.24, 2.45) is 0 Å². The molecule has 2 amide bonds. The number of nitrogens with one attached hydrogen (secondary N) is 2. The van der Waals surface area contributed by atoms with Gasteiger partial charge >= 0.3 is 11.9 Å². The molecule has 1 saturated heterocycles. The summed E-state index contributed by atoms with van der Waals surface area (Å²) < 4.78 is 51.3. The number of carbonyl (C=O) groups excluding carboxylic acids is 3. The van der Waals surface area contributed by atoms with Crippen LogP contribution in [0.3, 0.4) is 0 Å². The van der Waals surface area contributed by atoms with Crippen molar-refractivity contribution in [3.63, 3.8) is 0 Å². The highest BCUT2D eigenvalue weighted by Crippen LogP contribution is 2.33. The van der Waals surface area contributed by atoms with Gasteiger partial charge < -0.3 is 29.6 Å². The minimum Gasteiger partial charge on any atom is -0.484 e. The molecule has 13 heteroatoms. The van der Waals surface area contributed by atoms with E-state index >= 15 is 0 Å². The number of esters is 1. The third-order valence-electron chi connectivity index (χ3n) is 7.58. The van der Waals surface area contributed by atoms with Gasteiger partial charge in [-0.15, -0.1) is 0 Å². The first-order valence-corrected chi connectivity index (χ1v) is 14.3. The molecule has 234 valence electrons. The number of aromatic nitrogens is 2. The molecule has 2 aliphatic heterocycles. The van der Waals surface area contributed by atoms with E-state index in [2.05, 4.69) is 15.7 Å². The second-order valence-corrected chi connectivity index (χ2v) is 11.0. The molecule has 0 saturated carbocycles. The third-order valence-corrected chi connectivity index (χ3v) is 7.58. The third kappa shape index (κ3) is 6.43. The molecule has 3 atom stereocenters. The van der Waals surface area contributed by atoms with Gasteiger partial charge in [0.1, 0.15) is 23.6 Å². The number of hydrogen-bond acceptors (Lipinski definition) is 8. The molecule has 4 aromatic rings. The van der Waals surface area contributed by atoms with E-state index in [0.717, 1.165) is 5.56 Å². The zero-order valence-corrected chi connectivity index (χ0v) is 24.4.